The molecule has 30 heavy (non-hydrogen) atoms. The number of likely N-dealkylation sites (tertiary alicyclic amines) is 1. The third-order valence-electron chi connectivity index (χ3n) is 6.57. The summed E-state index contributed by atoms with van der Waals surface area (Å²) < 4.78 is 5.20. The molecule has 0 aromatic heterocycles. The lowest BCUT2D eigenvalue weighted by Crippen LogP contribution is -2.50. The number of amides is 3. The van der Waals surface area contributed by atoms with Gasteiger partial charge in [-0.25, -0.2) is 4.79 Å². The van der Waals surface area contributed by atoms with Crippen LogP contribution in [0.15, 0.2) is 24.3 Å². The zero-order valence-corrected chi connectivity index (χ0v) is 17.7. The van der Waals surface area contributed by atoms with Gasteiger partial charge in [-0.05, 0) is 55.2 Å². The minimum Gasteiger partial charge on any atom is -0.454 e. The van der Waals surface area contributed by atoms with Crippen molar-refractivity contribution in [2.75, 3.05) is 11.9 Å². The lowest BCUT2D eigenvalue weighted by atomic mass is 9.81. The molecule has 8 heteroatoms. The van der Waals surface area contributed by atoms with Crippen LogP contribution in [0, 0.1) is 29.6 Å². The third-order valence-corrected chi connectivity index (χ3v) is 6.80. The van der Waals surface area contributed by atoms with Crippen molar-refractivity contribution < 1.29 is 23.9 Å². The first-order valence-electron chi connectivity index (χ1n) is 10.4. The Morgan fingerprint density at radius 1 is 1.17 bits per heavy atom. The zero-order chi connectivity index (χ0) is 21.6. The normalized spacial score (nSPS) is 28.1. The smallest absolute Gasteiger partial charge is 0.330 e. The maximum atomic E-state index is 13.1. The van der Waals surface area contributed by atoms with Crippen molar-refractivity contribution in [2.45, 2.75) is 39.2 Å². The largest absolute Gasteiger partial charge is 0.454 e. The molecule has 0 radical (unpaired) electrons. The average molecular weight is 433 g/mol. The number of nitrogens with zero attached hydrogens (tertiary/aromatic N) is 1. The summed E-state index contributed by atoms with van der Waals surface area (Å²) in [6.07, 6.45) is 2.87. The van der Waals surface area contributed by atoms with Crippen LogP contribution < -0.4 is 5.32 Å². The predicted octanol–water partition coefficient (Wildman–Crippen LogP) is 2.88. The number of hydrogen-bond acceptors (Lipinski definition) is 5. The summed E-state index contributed by atoms with van der Waals surface area (Å²) in [4.78, 5) is 52.2. The number of halogens is 1. The van der Waals surface area contributed by atoms with Gasteiger partial charge in [-0.3, -0.25) is 19.3 Å². The third kappa shape index (κ3) is 3.60. The topological polar surface area (TPSA) is 92.8 Å². The van der Waals surface area contributed by atoms with Crippen LogP contribution in [0.4, 0.5) is 5.69 Å². The monoisotopic (exact) mass is 432 g/mol. The lowest BCUT2D eigenvalue weighted by Gasteiger charge is -2.28. The van der Waals surface area contributed by atoms with Crippen LogP contribution in [0.5, 0.6) is 0 Å². The van der Waals surface area contributed by atoms with Crippen molar-refractivity contribution in [2.24, 2.45) is 29.6 Å². The molecule has 2 bridgehead atoms. The second-order valence-corrected chi connectivity index (χ2v) is 9.22. The van der Waals surface area contributed by atoms with Gasteiger partial charge in [0.25, 0.3) is 5.91 Å². The van der Waals surface area contributed by atoms with E-state index >= 15 is 0 Å². The Labute approximate surface area is 180 Å². The second-order valence-electron chi connectivity index (χ2n) is 8.79. The molecule has 160 valence electrons. The number of imide groups is 1. The Morgan fingerprint density at radius 3 is 2.37 bits per heavy atom. The highest BCUT2D eigenvalue weighted by molar-refractivity contribution is 6.30. The Balaban J connectivity index is 1.42. The maximum absolute atomic E-state index is 13.1. The molecule has 0 unspecified atom stereocenters. The first-order valence-corrected chi connectivity index (χ1v) is 10.7. The molecule has 3 aliphatic rings. The Kier molecular flexibility index (Phi) is 5.57. The molecule has 1 saturated heterocycles. The van der Waals surface area contributed by atoms with Gasteiger partial charge in [0.05, 0.1) is 11.8 Å². The van der Waals surface area contributed by atoms with Gasteiger partial charge in [0, 0.05) is 10.7 Å². The van der Waals surface area contributed by atoms with Crippen molar-refractivity contribution in [3.05, 3.63) is 29.3 Å². The van der Waals surface area contributed by atoms with Crippen LogP contribution in [-0.2, 0) is 23.9 Å². The molecule has 3 amide bonds. The lowest BCUT2D eigenvalue weighted by molar-refractivity contribution is -0.162. The summed E-state index contributed by atoms with van der Waals surface area (Å²) >= 11 is 5.89. The van der Waals surface area contributed by atoms with Gasteiger partial charge < -0.3 is 10.1 Å². The molecule has 7 nitrogen and oxygen atoms in total. The van der Waals surface area contributed by atoms with Crippen LogP contribution in [0.1, 0.15) is 33.1 Å². The first kappa shape index (κ1) is 20.8. The van der Waals surface area contributed by atoms with E-state index < -0.39 is 24.5 Å². The minimum atomic E-state index is -1.02. The van der Waals surface area contributed by atoms with E-state index in [1.165, 1.54) is 0 Å². The molecular weight excluding hydrogens is 408 g/mol. The van der Waals surface area contributed by atoms with Crippen molar-refractivity contribution in [1.82, 2.24) is 4.90 Å². The molecule has 1 aliphatic heterocycles. The number of benzene rings is 1. The molecule has 3 fully saturated rings. The highest BCUT2D eigenvalue weighted by atomic mass is 35.5. The zero-order valence-electron chi connectivity index (χ0n) is 17.0. The van der Waals surface area contributed by atoms with E-state index in [2.05, 4.69) is 5.32 Å². The van der Waals surface area contributed by atoms with E-state index in [4.69, 9.17) is 16.3 Å². The number of ether oxygens (including phenoxy) is 1. The number of hydrogen-bond donors (Lipinski definition) is 1. The van der Waals surface area contributed by atoms with E-state index in [0.29, 0.717) is 10.7 Å². The average Bonchev–Trinajstić information content (AvgIpc) is 3.36. The molecule has 1 heterocycles. The molecule has 2 saturated carbocycles. The standard InChI is InChI=1S/C22H25ClN2O5/c1-11(2)19(22(29)30-10-16(26)24-15-5-3-4-14(23)9-15)25-20(27)17-12-6-7-13(8-12)18(17)21(25)28/h3-5,9,11-13,17-19H,6-8,10H2,1-2H3,(H,24,26)/t12-,13-,17-,18+,19-/m0/s1. The second kappa shape index (κ2) is 8.02. The Bertz CT molecular complexity index is 873. The van der Waals surface area contributed by atoms with Gasteiger partial charge in [-0.1, -0.05) is 31.5 Å². The quantitative estimate of drug-likeness (QED) is 0.551. The van der Waals surface area contributed by atoms with E-state index in [0.717, 1.165) is 24.2 Å². The summed E-state index contributed by atoms with van der Waals surface area (Å²) in [5, 5.41) is 3.07. The summed E-state index contributed by atoms with van der Waals surface area (Å²) in [6, 6.07) is 5.59. The number of rotatable bonds is 6. The summed E-state index contributed by atoms with van der Waals surface area (Å²) in [5.41, 5.74) is 0.483. The van der Waals surface area contributed by atoms with Crippen LogP contribution in [0.2, 0.25) is 5.02 Å². The number of anilines is 1. The summed E-state index contributed by atoms with van der Waals surface area (Å²) in [6.45, 7) is 3.02. The highest BCUT2D eigenvalue weighted by Gasteiger charge is 2.62. The Morgan fingerprint density at radius 2 is 1.80 bits per heavy atom. The molecule has 1 aromatic rings. The SMILES string of the molecule is CC(C)[C@@H](C(=O)OCC(=O)Nc1cccc(Cl)c1)N1C(=O)[C@@H]2[C@H]3CC[C@@H](C3)[C@@H]2C1=O. The van der Waals surface area contributed by atoms with Crippen molar-refractivity contribution in [3.63, 3.8) is 0 Å². The maximum Gasteiger partial charge on any atom is 0.330 e. The molecular formula is C22H25ClN2O5. The van der Waals surface area contributed by atoms with Crippen LogP contribution >= 0.6 is 11.6 Å². The number of carbonyl (C=O) groups is 4. The fourth-order valence-electron chi connectivity index (χ4n) is 5.37. The Hall–Kier alpha value is -2.41. The van der Waals surface area contributed by atoms with E-state index in [9.17, 15) is 19.2 Å². The van der Waals surface area contributed by atoms with Crippen molar-refractivity contribution in [1.29, 1.82) is 0 Å². The fraction of sp³-hybridized carbons (Fsp3) is 0.545. The summed E-state index contributed by atoms with van der Waals surface area (Å²) in [7, 11) is 0. The minimum absolute atomic E-state index is 0.244. The molecule has 2 aliphatic carbocycles. The number of esters is 1. The fourth-order valence-corrected chi connectivity index (χ4v) is 5.56. The highest BCUT2D eigenvalue weighted by Crippen LogP contribution is 2.56. The number of carbonyl (C=O) groups excluding carboxylic acids is 4. The molecule has 4 rings (SSSR count). The molecule has 0 spiro atoms. The number of nitrogens with one attached hydrogen (secondary N) is 1. The van der Waals surface area contributed by atoms with Crippen molar-refractivity contribution >= 4 is 41.0 Å². The van der Waals surface area contributed by atoms with Gasteiger partial charge in [0.2, 0.25) is 11.8 Å². The van der Waals surface area contributed by atoms with Gasteiger partial charge in [0.15, 0.2) is 6.61 Å². The van der Waals surface area contributed by atoms with Gasteiger partial charge in [-0.2, -0.15) is 0 Å². The first-order chi connectivity index (χ1) is 14.3. The van der Waals surface area contributed by atoms with Crippen LogP contribution in [0.3, 0.4) is 0 Å². The number of fused-ring (bicyclic) bond motifs is 5. The van der Waals surface area contributed by atoms with Gasteiger partial charge in [-0.15, -0.1) is 0 Å². The van der Waals surface area contributed by atoms with Gasteiger partial charge in [0.1, 0.15) is 6.04 Å². The van der Waals surface area contributed by atoms with E-state index in [-0.39, 0.29) is 41.4 Å². The summed E-state index contributed by atoms with van der Waals surface area (Å²) in [5.74, 6) is -2.19. The van der Waals surface area contributed by atoms with Crippen LogP contribution in [-0.4, -0.2) is 41.2 Å². The van der Waals surface area contributed by atoms with Crippen molar-refractivity contribution in [3.8, 4) is 0 Å². The molecule has 1 aromatic carbocycles. The van der Waals surface area contributed by atoms with Crippen LogP contribution in [0.25, 0.3) is 0 Å². The predicted molar refractivity (Wildman–Crippen MR) is 109 cm³/mol. The van der Waals surface area contributed by atoms with E-state index in [1.54, 1.807) is 38.1 Å². The van der Waals surface area contributed by atoms with E-state index in [1.807, 2.05) is 0 Å². The molecule has 5 atom stereocenters. The molecule has 1 N–H and O–H groups in total. The van der Waals surface area contributed by atoms with Gasteiger partial charge >= 0.3 is 5.97 Å².